The fourth-order valence-corrected chi connectivity index (χ4v) is 1.03. The summed E-state index contributed by atoms with van der Waals surface area (Å²) in [6, 6.07) is 0. The monoisotopic (exact) mass is 160 g/mol. The summed E-state index contributed by atoms with van der Waals surface area (Å²) >= 11 is 0. The highest BCUT2D eigenvalue weighted by Gasteiger charge is 2.07. The van der Waals surface area contributed by atoms with E-state index < -0.39 is 0 Å². The minimum absolute atomic E-state index is 0.211. The summed E-state index contributed by atoms with van der Waals surface area (Å²) in [6.07, 6.45) is 2.30. The Labute approximate surface area is 68.8 Å². The molecule has 0 fully saturated rings. The second kappa shape index (κ2) is 6.58. The van der Waals surface area contributed by atoms with Crippen LogP contribution in [0.5, 0.6) is 0 Å². The van der Waals surface area contributed by atoms with Gasteiger partial charge in [-0.25, -0.2) is 0 Å². The van der Waals surface area contributed by atoms with Crippen LogP contribution in [0.15, 0.2) is 0 Å². The van der Waals surface area contributed by atoms with E-state index in [1.165, 1.54) is 0 Å². The van der Waals surface area contributed by atoms with Crippen molar-refractivity contribution in [3.8, 4) is 0 Å². The molecule has 0 aromatic rings. The number of nitrogens with two attached hydrogens (primary N) is 2. The van der Waals surface area contributed by atoms with Gasteiger partial charge in [0.15, 0.2) is 0 Å². The Kier molecular flexibility index (Phi) is 6.51. The van der Waals surface area contributed by atoms with Crippen LogP contribution < -0.4 is 11.5 Å². The third-order valence-electron chi connectivity index (χ3n) is 1.82. The van der Waals surface area contributed by atoms with Gasteiger partial charge in [-0.05, 0) is 38.3 Å². The van der Waals surface area contributed by atoms with Gasteiger partial charge in [-0.3, -0.25) is 0 Å². The smallest absolute Gasteiger partial charge is 0.0543 e. The first-order valence-electron chi connectivity index (χ1n) is 4.29. The summed E-state index contributed by atoms with van der Waals surface area (Å²) < 4.78 is 0. The summed E-state index contributed by atoms with van der Waals surface area (Å²) in [5.74, 6) is 0.419. The molecule has 0 saturated carbocycles. The number of aliphatic hydroxyl groups excluding tert-OH is 1. The lowest BCUT2D eigenvalue weighted by atomic mass is 10.0. The van der Waals surface area contributed by atoms with Crippen LogP contribution in [-0.4, -0.2) is 24.3 Å². The summed E-state index contributed by atoms with van der Waals surface area (Å²) in [5.41, 5.74) is 10.7. The number of hydrogen-bond donors (Lipinski definition) is 3. The zero-order valence-corrected chi connectivity index (χ0v) is 7.29. The molecule has 0 aliphatic heterocycles. The average Bonchev–Trinajstić information content (AvgIpc) is 2.00. The SMILES string of the molecule is CC(CN)CC(O)CCCN. The lowest BCUT2D eigenvalue weighted by molar-refractivity contribution is 0.136. The molecule has 3 nitrogen and oxygen atoms in total. The van der Waals surface area contributed by atoms with Crippen molar-refractivity contribution in [2.75, 3.05) is 13.1 Å². The van der Waals surface area contributed by atoms with Gasteiger partial charge in [0.2, 0.25) is 0 Å². The van der Waals surface area contributed by atoms with Gasteiger partial charge in [-0.2, -0.15) is 0 Å². The van der Waals surface area contributed by atoms with Crippen molar-refractivity contribution in [1.29, 1.82) is 0 Å². The van der Waals surface area contributed by atoms with Gasteiger partial charge in [-0.15, -0.1) is 0 Å². The zero-order chi connectivity index (χ0) is 8.69. The van der Waals surface area contributed by atoms with Crippen LogP contribution >= 0.6 is 0 Å². The van der Waals surface area contributed by atoms with Crippen LogP contribution in [0, 0.1) is 5.92 Å². The molecular weight excluding hydrogens is 140 g/mol. The third-order valence-corrected chi connectivity index (χ3v) is 1.82. The van der Waals surface area contributed by atoms with Crippen molar-refractivity contribution in [1.82, 2.24) is 0 Å². The molecule has 2 unspecified atom stereocenters. The minimum atomic E-state index is -0.211. The Bertz CT molecular complexity index is 88.2. The predicted octanol–water partition coefficient (Wildman–Crippen LogP) is 0.0711. The van der Waals surface area contributed by atoms with E-state index in [1.54, 1.807) is 0 Å². The summed E-state index contributed by atoms with van der Waals surface area (Å²) in [7, 11) is 0. The largest absolute Gasteiger partial charge is 0.393 e. The van der Waals surface area contributed by atoms with Crippen molar-refractivity contribution in [3.05, 3.63) is 0 Å². The van der Waals surface area contributed by atoms with Crippen molar-refractivity contribution >= 4 is 0 Å². The molecular formula is C8H20N2O. The molecule has 0 spiro atoms. The van der Waals surface area contributed by atoms with Crippen LogP contribution in [0.25, 0.3) is 0 Å². The highest BCUT2D eigenvalue weighted by Crippen LogP contribution is 2.08. The molecule has 0 rings (SSSR count). The molecule has 0 aliphatic rings. The first kappa shape index (κ1) is 10.9. The average molecular weight is 160 g/mol. The molecule has 0 amide bonds. The van der Waals surface area contributed by atoms with Gasteiger partial charge < -0.3 is 16.6 Å². The Morgan fingerprint density at radius 1 is 1.36 bits per heavy atom. The van der Waals surface area contributed by atoms with Crippen LogP contribution in [-0.2, 0) is 0 Å². The summed E-state index contributed by atoms with van der Waals surface area (Å²) in [5, 5.41) is 9.37. The van der Waals surface area contributed by atoms with Crippen molar-refractivity contribution in [2.24, 2.45) is 17.4 Å². The van der Waals surface area contributed by atoms with E-state index in [2.05, 4.69) is 0 Å². The van der Waals surface area contributed by atoms with Gasteiger partial charge in [0, 0.05) is 0 Å². The first-order chi connectivity index (χ1) is 5.20. The normalized spacial score (nSPS) is 16.4. The van der Waals surface area contributed by atoms with Crippen LogP contribution in [0.3, 0.4) is 0 Å². The third kappa shape index (κ3) is 6.28. The molecule has 3 heteroatoms. The van der Waals surface area contributed by atoms with E-state index in [4.69, 9.17) is 11.5 Å². The highest BCUT2D eigenvalue weighted by molar-refractivity contribution is 4.62. The lowest BCUT2D eigenvalue weighted by Gasteiger charge is -2.13. The molecule has 0 aromatic heterocycles. The van der Waals surface area contributed by atoms with E-state index in [9.17, 15) is 5.11 Å². The predicted molar refractivity (Wildman–Crippen MR) is 47.1 cm³/mol. The Morgan fingerprint density at radius 3 is 2.45 bits per heavy atom. The molecule has 11 heavy (non-hydrogen) atoms. The standard InChI is InChI=1S/C8H20N2O/c1-7(6-10)5-8(11)3-2-4-9/h7-8,11H,2-6,9-10H2,1H3. The second-order valence-corrected chi connectivity index (χ2v) is 3.16. The molecule has 5 N–H and O–H groups in total. The maximum Gasteiger partial charge on any atom is 0.0543 e. The Morgan fingerprint density at radius 2 is 2.00 bits per heavy atom. The number of hydrogen-bond acceptors (Lipinski definition) is 3. The Balaban J connectivity index is 3.27. The fourth-order valence-electron chi connectivity index (χ4n) is 1.03. The van der Waals surface area contributed by atoms with Gasteiger partial charge in [0.1, 0.15) is 0 Å². The van der Waals surface area contributed by atoms with Gasteiger partial charge >= 0.3 is 0 Å². The van der Waals surface area contributed by atoms with Gasteiger partial charge in [0.05, 0.1) is 6.10 Å². The second-order valence-electron chi connectivity index (χ2n) is 3.16. The molecule has 0 radical (unpaired) electrons. The molecule has 0 heterocycles. The quantitative estimate of drug-likeness (QED) is 0.515. The van der Waals surface area contributed by atoms with Gasteiger partial charge in [0.25, 0.3) is 0 Å². The van der Waals surface area contributed by atoms with Crippen molar-refractivity contribution < 1.29 is 5.11 Å². The van der Waals surface area contributed by atoms with Crippen LogP contribution in [0.4, 0.5) is 0 Å². The van der Waals surface area contributed by atoms with E-state index >= 15 is 0 Å². The van der Waals surface area contributed by atoms with E-state index in [1.807, 2.05) is 6.92 Å². The van der Waals surface area contributed by atoms with Crippen LogP contribution in [0.2, 0.25) is 0 Å². The molecule has 0 aliphatic carbocycles. The summed E-state index contributed by atoms with van der Waals surface area (Å²) in [6.45, 7) is 3.36. The summed E-state index contributed by atoms with van der Waals surface area (Å²) in [4.78, 5) is 0. The number of rotatable bonds is 6. The van der Waals surface area contributed by atoms with Crippen molar-refractivity contribution in [2.45, 2.75) is 32.3 Å². The van der Waals surface area contributed by atoms with Crippen molar-refractivity contribution in [3.63, 3.8) is 0 Å². The molecule has 68 valence electrons. The van der Waals surface area contributed by atoms with Gasteiger partial charge in [-0.1, -0.05) is 6.92 Å². The van der Waals surface area contributed by atoms with E-state index in [-0.39, 0.29) is 6.10 Å². The highest BCUT2D eigenvalue weighted by atomic mass is 16.3. The molecule has 0 aromatic carbocycles. The van der Waals surface area contributed by atoms with Crippen LogP contribution in [0.1, 0.15) is 26.2 Å². The first-order valence-corrected chi connectivity index (χ1v) is 4.29. The topological polar surface area (TPSA) is 72.3 Å². The fraction of sp³-hybridized carbons (Fsp3) is 1.00. The maximum absolute atomic E-state index is 9.37. The molecule has 2 atom stereocenters. The molecule has 0 saturated heterocycles. The molecule has 0 bridgehead atoms. The minimum Gasteiger partial charge on any atom is -0.393 e. The zero-order valence-electron chi connectivity index (χ0n) is 7.29. The number of aliphatic hydroxyl groups is 1. The van der Waals surface area contributed by atoms with E-state index in [0.29, 0.717) is 19.0 Å². The Hall–Kier alpha value is -0.120. The maximum atomic E-state index is 9.37. The lowest BCUT2D eigenvalue weighted by Crippen LogP contribution is -2.19. The van der Waals surface area contributed by atoms with E-state index in [0.717, 1.165) is 19.3 Å².